The van der Waals surface area contributed by atoms with E-state index >= 15 is 0 Å². The molecule has 1 atom stereocenters. The number of sulfone groups is 1. The van der Waals surface area contributed by atoms with Crippen LogP contribution in [-0.2, 0) is 19.9 Å². The molecule has 6 nitrogen and oxygen atoms in total. The highest BCUT2D eigenvalue weighted by Gasteiger charge is 2.17. The number of nitrogens with one attached hydrogen (secondary N) is 1. The topological polar surface area (TPSA) is 83.6 Å². The quantitative estimate of drug-likeness (QED) is 0.631. The monoisotopic (exact) mass is 300 g/mol. The number of rotatable bonds is 9. The molecule has 0 aromatic carbocycles. The first-order chi connectivity index (χ1) is 8.11. The van der Waals surface area contributed by atoms with Crippen LogP contribution in [0.25, 0.3) is 0 Å². The normalized spacial score (nSPS) is 14.9. The van der Waals surface area contributed by atoms with Crippen molar-refractivity contribution in [2.45, 2.75) is 26.8 Å². The first-order valence-corrected chi connectivity index (χ1v) is 9.71. The van der Waals surface area contributed by atoms with Crippen molar-refractivity contribution in [3.05, 3.63) is 0 Å². The predicted octanol–water partition coefficient (Wildman–Crippen LogP) is -0.319. The fraction of sp³-hybridized carbons (Fsp3) is 1.00. The van der Waals surface area contributed by atoms with Gasteiger partial charge >= 0.3 is 0 Å². The molecule has 1 N–H and O–H groups in total. The van der Waals surface area contributed by atoms with E-state index in [9.17, 15) is 16.8 Å². The minimum absolute atomic E-state index is 0.0536. The lowest BCUT2D eigenvalue weighted by atomic mass is 10.3. The van der Waals surface area contributed by atoms with Gasteiger partial charge in [-0.25, -0.2) is 21.6 Å². The summed E-state index contributed by atoms with van der Waals surface area (Å²) >= 11 is 0. The summed E-state index contributed by atoms with van der Waals surface area (Å²) in [6, 6.07) is -0.115. The van der Waals surface area contributed by atoms with Gasteiger partial charge < -0.3 is 0 Å². The zero-order chi connectivity index (χ0) is 14.4. The van der Waals surface area contributed by atoms with Gasteiger partial charge in [-0.15, -0.1) is 0 Å². The maximum atomic E-state index is 11.2. The average molecular weight is 300 g/mol. The van der Waals surface area contributed by atoms with Gasteiger partial charge in [0.2, 0.25) is 10.0 Å². The van der Waals surface area contributed by atoms with Gasteiger partial charge in [0, 0.05) is 25.4 Å². The summed E-state index contributed by atoms with van der Waals surface area (Å²) < 4.78 is 47.4. The van der Waals surface area contributed by atoms with Crippen LogP contribution < -0.4 is 4.72 Å². The average Bonchev–Trinajstić information content (AvgIpc) is 2.21. The Hall–Kier alpha value is -0.180. The van der Waals surface area contributed by atoms with Gasteiger partial charge in [0.1, 0.15) is 9.84 Å². The molecule has 0 saturated heterocycles. The van der Waals surface area contributed by atoms with Crippen LogP contribution in [0, 0.1) is 0 Å². The van der Waals surface area contributed by atoms with Crippen molar-refractivity contribution >= 4 is 19.9 Å². The van der Waals surface area contributed by atoms with Gasteiger partial charge in [0.15, 0.2) is 0 Å². The third-order valence-electron chi connectivity index (χ3n) is 2.67. The Morgan fingerprint density at radius 1 is 1.17 bits per heavy atom. The molecule has 0 spiro atoms. The summed E-state index contributed by atoms with van der Waals surface area (Å²) in [5.74, 6) is 0.138. The van der Waals surface area contributed by atoms with Crippen LogP contribution in [0.3, 0.4) is 0 Å². The molecular weight excluding hydrogens is 276 g/mol. The lowest BCUT2D eigenvalue weighted by Crippen LogP contribution is -2.42. The molecule has 0 aromatic rings. The molecule has 0 aromatic heterocycles. The molecule has 0 aliphatic rings. The molecule has 0 aliphatic heterocycles. The number of nitrogens with zero attached hydrogens (tertiary/aromatic N) is 1. The van der Waals surface area contributed by atoms with Crippen molar-refractivity contribution in [1.29, 1.82) is 0 Å². The van der Waals surface area contributed by atoms with Gasteiger partial charge in [-0.3, -0.25) is 4.90 Å². The molecule has 0 bridgehead atoms. The molecule has 0 saturated carbocycles. The minimum atomic E-state index is -3.18. The number of hydrogen-bond donors (Lipinski definition) is 1. The van der Waals surface area contributed by atoms with Crippen molar-refractivity contribution < 1.29 is 16.8 Å². The van der Waals surface area contributed by atoms with Crippen LogP contribution in [0.5, 0.6) is 0 Å². The molecule has 18 heavy (non-hydrogen) atoms. The maximum absolute atomic E-state index is 11.2. The van der Waals surface area contributed by atoms with E-state index in [1.54, 1.807) is 6.92 Å². The SMILES string of the molecule is CCN(CCNS(=O)(=O)CC)C(C)CS(C)(=O)=O. The molecule has 0 rings (SSSR count). The van der Waals surface area contributed by atoms with E-state index in [1.807, 2.05) is 18.7 Å². The Morgan fingerprint density at radius 3 is 2.11 bits per heavy atom. The van der Waals surface area contributed by atoms with E-state index in [1.165, 1.54) is 6.26 Å². The lowest BCUT2D eigenvalue weighted by Gasteiger charge is -2.27. The number of sulfonamides is 1. The smallest absolute Gasteiger partial charge is 0.211 e. The van der Waals surface area contributed by atoms with Crippen LogP contribution in [-0.4, -0.2) is 65.2 Å². The fourth-order valence-corrected chi connectivity index (χ4v) is 3.37. The van der Waals surface area contributed by atoms with Gasteiger partial charge in [-0.1, -0.05) is 6.92 Å². The van der Waals surface area contributed by atoms with Crippen LogP contribution in [0.1, 0.15) is 20.8 Å². The Kier molecular flexibility index (Phi) is 7.34. The summed E-state index contributed by atoms with van der Waals surface area (Å²) in [5.41, 5.74) is 0. The summed E-state index contributed by atoms with van der Waals surface area (Å²) in [6.07, 6.45) is 1.21. The van der Waals surface area contributed by atoms with E-state index in [0.29, 0.717) is 19.6 Å². The van der Waals surface area contributed by atoms with Gasteiger partial charge in [0.05, 0.1) is 11.5 Å². The van der Waals surface area contributed by atoms with Crippen LogP contribution in [0.15, 0.2) is 0 Å². The Bertz CT molecular complexity index is 431. The Morgan fingerprint density at radius 2 is 1.72 bits per heavy atom. The van der Waals surface area contributed by atoms with E-state index in [-0.39, 0.29) is 17.5 Å². The first-order valence-electron chi connectivity index (χ1n) is 6.00. The Labute approximate surface area is 111 Å². The highest BCUT2D eigenvalue weighted by molar-refractivity contribution is 7.90. The molecular formula is C10H24N2O4S2. The van der Waals surface area contributed by atoms with E-state index < -0.39 is 19.9 Å². The second kappa shape index (κ2) is 7.42. The van der Waals surface area contributed by atoms with Crippen LogP contribution in [0.2, 0.25) is 0 Å². The minimum Gasteiger partial charge on any atom is -0.299 e. The highest BCUT2D eigenvalue weighted by atomic mass is 32.2. The summed E-state index contributed by atoms with van der Waals surface area (Å²) in [6.45, 7) is 6.83. The van der Waals surface area contributed by atoms with Gasteiger partial charge in [0.25, 0.3) is 0 Å². The fourth-order valence-electron chi connectivity index (χ4n) is 1.68. The molecule has 0 fully saturated rings. The standard InChI is InChI=1S/C10H24N2O4S2/c1-5-12(10(3)9-17(4,13)14)8-7-11-18(15,16)6-2/h10-11H,5-9H2,1-4H3. The van der Waals surface area contributed by atoms with Gasteiger partial charge in [-0.2, -0.15) is 0 Å². The third-order valence-corrected chi connectivity index (χ3v) is 5.17. The second-order valence-corrected chi connectivity index (χ2v) is 8.65. The summed E-state index contributed by atoms with van der Waals surface area (Å²) in [4.78, 5) is 1.94. The van der Waals surface area contributed by atoms with Crippen molar-refractivity contribution in [3.8, 4) is 0 Å². The molecule has 0 amide bonds. The molecule has 0 aliphatic carbocycles. The first kappa shape index (κ1) is 17.8. The predicted molar refractivity (Wildman–Crippen MR) is 73.9 cm³/mol. The molecule has 1 unspecified atom stereocenters. The highest BCUT2D eigenvalue weighted by Crippen LogP contribution is 2.01. The summed E-state index contributed by atoms with van der Waals surface area (Å²) in [5, 5.41) is 0. The van der Waals surface area contributed by atoms with Crippen molar-refractivity contribution in [2.24, 2.45) is 0 Å². The largest absolute Gasteiger partial charge is 0.299 e. The number of likely N-dealkylation sites (N-methyl/N-ethyl adjacent to an activating group) is 1. The van der Waals surface area contributed by atoms with E-state index in [4.69, 9.17) is 0 Å². The van der Waals surface area contributed by atoms with Crippen LogP contribution in [0.4, 0.5) is 0 Å². The van der Waals surface area contributed by atoms with Crippen molar-refractivity contribution in [1.82, 2.24) is 9.62 Å². The third kappa shape index (κ3) is 8.02. The van der Waals surface area contributed by atoms with E-state index in [2.05, 4.69) is 4.72 Å². The maximum Gasteiger partial charge on any atom is 0.211 e. The Balaban J connectivity index is 4.28. The molecule has 110 valence electrons. The molecule has 8 heteroatoms. The van der Waals surface area contributed by atoms with Crippen LogP contribution >= 0.6 is 0 Å². The molecule has 0 heterocycles. The zero-order valence-electron chi connectivity index (χ0n) is 11.5. The summed E-state index contributed by atoms with van der Waals surface area (Å²) in [7, 11) is -6.20. The van der Waals surface area contributed by atoms with Gasteiger partial charge in [-0.05, 0) is 20.4 Å². The lowest BCUT2D eigenvalue weighted by molar-refractivity contribution is 0.239. The zero-order valence-corrected chi connectivity index (χ0v) is 13.1. The van der Waals surface area contributed by atoms with Crippen molar-refractivity contribution in [3.63, 3.8) is 0 Å². The van der Waals surface area contributed by atoms with E-state index in [0.717, 1.165) is 0 Å². The number of hydrogen-bond acceptors (Lipinski definition) is 5. The molecule has 0 radical (unpaired) electrons. The van der Waals surface area contributed by atoms with Crippen molar-refractivity contribution in [2.75, 3.05) is 37.4 Å². The second-order valence-electron chi connectivity index (χ2n) is 4.37.